The van der Waals surface area contributed by atoms with E-state index < -0.39 is 0 Å². The Bertz CT molecular complexity index is 534. The van der Waals surface area contributed by atoms with Crippen molar-refractivity contribution in [1.29, 1.82) is 0 Å². The first-order valence-corrected chi connectivity index (χ1v) is 9.14. The molecule has 1 heterocycles. The number of piperidine rings is 1. The molecule has 1 aliphatic rings. The molecule has 0 aromatic heterocycles. The average Bonchev–Trinajstić information content (AvgIpc) is 2.56. The second kappa shape index (κ2) is 8.86. The van der Waals surface area contributed by atoms with E-state index in [0.29, 0.717) is 12.3 Å². The van der Waals surface area contributed by atoms with Gasteiger partial charge < -0.3 is 10.2 Å². The van der Waals surface area contributed by atoms with Crippen molar-refractivity contribution < 1.29 is 9.59 Å². The molecule has 0 saturated carbocycles. The summed E-state index contributed by atoms with van der Waals surface area (Å²) in [5.74, 6) is 0.669. The topological polar surface area (TPSA) is 49.4 Å². The SMILES string of the molecule is CCC(C(=O)N1CCC(NC(=O)CC(C)C)CC1)c1ccccc1. The minimum atomic E-state index is -0.0571. The zero-order valence-corrected chi connectivity index (χ0v) is 15.1. The van der Waals surface area contributed by atoms with E-state index in [1.807, 2.05) is 35.2 Å². The quantitative estimate of drug-likeness (QED) is 0.870. The first kappa shape index (κ1) is 18.5. The normalized spacial score (nSPS) is 16.9. The maximum atomic E-state index is 12.8. The van der Waals surface area contributed by atoms with Crippen LogP contribution in [0.2, 0.25) is 0 Å². The fourth-order valence-electron chi connectivity index (χ4n) is 3.36. The molecular formula is C20H30N2O2. The lowest BCUT2D eigenvalue weighted by Gasteiger charge is -2.34. The van der Waals surface area contributed by atoms with Crippen LogP contribution in [0.25, 0.3) is 0 Å². The molecule has 4 nitrogen and oxygen atoms in total. The molecule has 1 aromatic rings. The lowest BCUT2D eigenvalue weighted by molar-refractivity contribution is -0.134. The number of carbonyl (C=O) groups is 2. The van der Waals surface area contributed by atoms with Gasteiger partial charge in [0.15, 0.2) is 0 Å². The number of benzene rings is 1. The highest BCUT2D eigenvalue weighted by Crippen LogP contribution is 2.24. The van der Waals surface area contributed by atoms with Gasteiger partial charge in [0, 0.05) is 25.6 Å². The van der Waals surface area contributed by atoms with Gasteiger partial charge in [0.2, 0.25) is 11.8 Å². The number of carbonyl (C=O) groups excluding carboxylic acids is 2. The van der Waals surface area contributed by atoms with Crippen LogP contribution in [-0.2, 0) is 9.59 Å². The van der Waals surface area contributed by atoms with Crippen LogP contribution in [0.1, 0.15) is 57.9 Å². The van der Waals surface area contributed by atoms with Gasteiger partial charge >= 0.3 is 0 Å². The first-order valence-electron chi connectivity index (χ1n) is 9.14. The zero-order valence-electron chi connectivity index (χ0n) is 15.1. The predicted molar refractivity (Wildman–Crippen MR) is 96.7 cm³/mol. The van der Waals surface area contributed by atoms with E-state index in [-0.39, 0.29) is 23.8 Å². The molecular weight excluding hydrogens is 300 g/mol. The van der Waals surface area contributed by atoms with E-state index >= 15 is 0 Å². The molecule has 2 amide bonds. The summed E-state index contributed by atoms with van der Waals surface area (Å²) >= 11 is 0. The smallest absolute Gasteiger partial charge is 0.230 e. The summed E-state index contributed by atoms with van der Waals surface area (Å²) < 4.78 is 0. The molecule has 0 radical (unpaired) electrons. The third-order valence-corrected chi connectivity index (χ3v) is 4.67. The Kier molecular flexibility index (Phi) is 6.83. The molecule has 4 heteroatoms. The van der Waals surface area contributed by atoms with E-state index in [1.165, 1.54) is 0 Å². The largest absolute Gasteiger partial charge is 0.353 e. The number of amides is 2. The second-order valence-electron chi connectivity index (χ2n) is 7.14. The van der Waals surface area contributed by atoms with Crippen LogP contribution in [-0.4, -0.2) is 35.8 Å². The van der Waals surface area contributed by atoms with Gasteiger partial charge in [-0.25, -0.2) is 0 Å². The maximum Gasteiger partial charge on any atom is 0.230 e. The van der Waals surface area contributed by atoms with E-state index in [2.05, 4.69) is 26.1 Å². The van der Waals surface area contributed by atoms with Crippen LogP contribution in [0.4, 0.5) is 0 Å². The van der Waals surface area contributed by atoms with Gasteiger partial charge in [-0.05, 0) is 30.7 Å². The summed E-state index contributed by atoms with van der Waals surface area (Å²) in [7, 11) is 0. The number of hydrogen-bond donors (Lipinski definition) is 1. The number of likely N-dealkylation sites (tertiary alicyclic amines) is 1. The maximum absolute atomic E-state index is 12.8. The predicted octanol–water partition coefficient (Wildman–Crippen LogP) is 3.33. The van der Waals surface area contributed by atoms with Gasteiger partial charge in [0.25, 0.3) is 0 Å². The van der Waals surface area contributed by atoms with Crippen molar-refractivity contribution in [1.82, 2.24) is 10.2 Å². The lowest BCUT2D eigenvalue weighted by Crippen LogP contribution is -2.47. The standard InChI is InChI=1S/C20H30N2O2/c1-4-18(16-8-6-5-7-9-16)20(24)22-12-10-17(11-13-22)21-19(23)14-15(2)3/h5-9,15,17-18H,4,10-14H2,1-3H3,(H,21,23). The van der Waals surface area contributed by atoms with E-state index in [9.17, 15) is 9.59 Å². The Hall–Kier alpha value is -1.84. The fraction of sp³-hybridized carbons (Fsp3) is 0.600. The summed E-state index contributed by atoms with van der Waals surface area (Å²) in [6.07, 6.45) is 3.08. The molecule has 1 atom stereocenters. The molecule has 0 aliphatic carbocycles. The highest BCUT2D eigenvalue weighted by molar-refractivity contribution is 5.84. The molecule has 24 heavy (non-hydrogen) atoms. The third kappa shape index (κ3) is 5.08. The van der Waals surface area contributed by atoms with Crippen molar-refractivity contribution in [3.05, 3.63) is 35.9 Å². The summed E-state index contributed by atoms with van der Waals surface area (Å²) in [4.78, 5) is 26.7. The average molecular weight is 330 g/mol. The molecule has 132 valence electrons. The van der Waals surface area contributed by atoms with Gasteiger partial charge in [-0.3, -0.25) is 9.59 Å². The molecule has 1 unspecified atom stereocenters. The second-order valence-corrected chi connectivity index (χ2v) is 7.14. The summed E-state index contributed by atoms with van der Waals surface area (Å²) in [6.45, 7) is 7.63. The Balaban J connectivity index is 1.87. The van der Waals surface area contributed by atoms with Crippen molar-refractivity contribution in [2.24, 2.45) is 5.92 Å². The molecule has 1 fully saturated rings. The van der Waals surface area contributed by atoms with E-state index in [4.69, 9.17) is 0 Å². The molecule has 0 spiro atoms. The van der Waals surface area contributed by atoms with Crippen LogP contribution in [0.5, 0.6) is 0 Å². The number of nitrogens with zero attached hydrogens (tertiary/aromatic N) is 1. The summed E-state index contributed by atoms with van der Waals surface area (Å²) in [6, 6.07) is 10.2. The van der Waals surface area contributed by atoms with Crippen LogP contribution in [0.15, 0.2) is 30.3 Å². The molecule has 1 aromatic carbocycles. The third-order valence-electron chi connectivity index (χ3n) is 4.67. The van der Waals surface area contributed by atoms with Crippen molar-refractivity contribution in [2.45, 2.75) is 58.4 Å². The van der Waals surface area contributed by atoms with Crippen LogP contribution < -0.4 is 5.32 Å². The van der Waals surface area contributed by atoms with Crippen molar-refractivity contribution in [3.8, 4) is 0 Å². The zero-order chi connectivity index (χ0) is 17.5. The summed E-state index contributed by atoms with van der Waals surface area (Å²) in [5.41, 5.74) is 1.09. The van der Waals surface area contributed by atoms with Gasteiger partial charge in [0.1, 0.15) is 0 Å². The molecule has 1 saturated heterocycles. The monoisotopic (exact) mass is 330 g/mol. The van der Waals surface area contributed by atoms with Gasteiger partial charge in [0.05, 0.1) is 5.92 Å². The highest BCUT2D eigenvalue weighted by atomic mass is 16.2. The minimum absolute atomic E-state index is 0.0571. The van der Waals surface area contributed by atoms with Crippen molar-refractivity contribution in [2.75, 3.05) is 13.1 Å². The van der Waals surface area contributed by atoms with Crippen molar-refractivity contribution >= 4 is 11.8 Å². The Morgan fingerprint density at radius 2 is 1.79 bits per heavy atom. The summed E-state index contributed by atoms with van der Waals surface area (Å²) in [5, 5.41) is 3.11. The highest BCUT2D eigenvalue weighted by Gasteiger charge is 2.28. The molecule has 0 bridgehead atoms. The van der Waals surface area contributed by atoms with Crippen LogP contribution in [0.3, 0.4) is 0 Å². The number of nitrogens with one attached hydrogen (secondary N) is 1. The van der Waals surface area contributed by atoms with Crippen LogP contribution >= 0.6 is 0 Å². The Morgan fingerprint density at radius 3 is 2.33 bits per heavy atom. The molecule has 1 aliphatic heterocycles. The van der Waals surface area contributed by atoms with Gasteiger partial charge in [-0.2, -0.15) is 0 Å². The lowest BCUT2D eigenvalue weighted by atomic mass is 9.93. The van der Waals surface area contributed by atoms with Crippen LogP contribution in [0, 0.1) is 5.92 Å². The first-order chi connectivity index (χ1) is 11.5. The van der Waals surface area contributed by atoms with E-state index in [1.54, 1.807) is 0 Å². The van der Waals surface area contributed by atoms with Crippen molar-refractivity contribution in [3.63, 3.8) is 0 Å². The molecule has 2 rings (SSSR count). The Labute approximate surface area is 145 Å². The van der Waals surface area contributed by atoms with E-state index in [0.717, 1.165) is 37.9 Å². The number of rotatable bonds is 6. The Morgan fingerprint density at radius 1 is 1.17 bits per heavy atom. The van der Waals surface area contributed by atoms with Gasteiger partial charge in [-0.1, -0.05) is 51.1 Å². The fourth-order valence-corrected chi connectivity index (χ4v) is 3.36. The number of hydrogen-bond acceptors (Lipinski definition) is 2. The molecule has 1 N–H and O–H groups in total. The van der Waals surface area contributed by atoms with Gasteiger partial charge in [-0.15, -0.1) is 0 Å². The minimum Gasteiger partial charge on any atom is -0.353 e.